The molecule has 7 heteroatoms. The van der Waals surface area contributed by atoms with Gasteiger partial charge in [-0.3, -0.25) is 4.79 Å². The lowest BCUT2D eigenvalue weighted by Crippen LogP contribution is -2.23. The highest BCUT2D eigenvalue weighted by molar-refractivity contribution is 5.75. The maximum absolute atomic E-state index is 10.6. The number of rotatable bonds is 12. The van der Waals surface area contributed by atoms with Crippen LogP contribution >= 0.6 is 0 Å². The minimum atomic E-state index is -0.759. The van der Waals surface area contributed by atoms with Gasteiger partial charge in [0.15, 0.2) is 0 Å². The van der Waals surface area contributed by atoms with Crippen molar-refractivity contribution in [1.82, 2.24) is 5.32 Å². The molecule has 0 aromatic heterocycles. The zero-order chi connectivity index (χ0) is 22.8. The molecule has 0 fully saturated rings. The maximum atomic E-state index is 10.6. The zero-order valence-corrected chi connectivity index (χ0v) is 17.7. The second kappa shape index (κ2) is 11.9. The van der Waals surface area contributed by atoms with E-state index in [9.17, 15) is 20.1 Å². The third kappa shape index (κ3) is 6.81. The normalized spacial score (nSPS) is 12.7. The van der Waals surface area contributed by atoms with Crippen LogP contribution in [0.2, 0.25) is 0 Å². The van der Waals surface area contributed by atoms with Crippen LogP contribution in [0.25, 0.3) is 0 Å². The quantitative estimate of drug-likeness (QED) is 0.148. The Morgan fingerprint density at radius 3 is 2.28 bits per heavy atom. The fourth-order valence-corrected chi connectivity index (χ4v) is 3.33. The van der Waals surface area contributed by atoms with Crippen molar-refractivity contribution < 1.29 is 20.1 Å². The molecule has 0 saturated carbocycles. The molecule has 0 saturated heterocycles. The molecule has 6 N–H and O–H groups in total. The van der Waals surface area contributed by atoms with Gasteiger partial charge in [0.2, 0.25) is 6.41 Å². The Morgan fingerprint density at radius 1 is 0.844 bits per heavy atom. The fraction of sp³-hybridized carbons (Fsp3) is 0.240. The van der Waals surface area contributed by atoms with Gasteiger partial charge in [-0.05, 0) is 53.9 Å². The summed E-state index contributed by atoms with van der Waals surface area (Å²) in [5, 5.41) is 39.1. The van der Waals surface area contributed by atoms with Gasteiger partial charge in [-0.15, -0.1) is 0 Å². The summed E-state index contributed by atoms with van der Waals surface area (Å²) in [4.78, 5) is 10.6. The number of carbonyl (C=O) groups is 1. The molecular weight excluding hydrogens is 406 g/mol. The highest BCUT2D eigenvalue weighted by Crippen LogP contribution is 2.26. The smallest absolute Gasteiger partial charge is 0.211 e. The van der Waals surface area contributed by atoms with Gasteiger partial charge in [-0.1, -0.05) is 48.5 Å². The minimum absolute atomic E-state index is 0.0477. The molecule has 0 aliphatic rings. The fourth-order valence-electron chi connectivity index (χ4n) is 3.33. The van der Waals surface area contributed by atoms with E-state index in [4.69, 9.17) is 0 Å². The number of carbonyl (C=O) groups excluding carboxylic acids is 1. The molecule has 0 aliphatic heterocycles. The number of aliphatic hydroxyl groups excluding tert-OH is 2. The predicted molar refractivity (Wildman–Crippen MR) is 126 cm³/mol. The van der Waals surface area contributed by atoms with Gasteiger partial charge in [-0.2, -0.15) is 0 Å². The van der Waals surface area contributed by atoms with Crippen LogP contribution in [0.3, 0.4) is 0 Å². The molecule has 2 atom stereocenters. The predicted octanol–water partition coefficient (Wildman–Crippen LogP) is 2.97. The Hall–Kier alpha value is -3.39. The standard InChI is InChI=1S/C25H29N3O4/c29-17-28-22-14-20(8-11-23(22)30)24(31)15-26-13-12-18-6-9-21(10-7-18)27-16-25(32)19-4-2-1-3-5-19/h1-11,14,17,24-27,30-32H,12-13,15-16H2,(H,28,29)/t24-,25-/m1/s1. The van der Waals surface area contributed by atoms with E-state index in [1.165, 1.54) is 6.07 Å². The number of benzene rings is 3. The topological polar surface area (TPSA) is 114 Å². The summed E-state index contributed by atoms with van der Waals surface area (Å²) in [5.74, 6) is -0.0477. The van der Waals surface area contributed by atoms with Gasteiger partial charge in [0, 0.05) is 18.8 Å². The van der Waals surface area contributed by atoms with E-state index >= 15 is 0 Å². The van der Waals surface area contributed by atoms with Gasteiger partial charge in [-0.25, -0.2) is 0 Å². The summed E-state index contributed by atoms with van der Waals surface area (Å²) in [6.45, 7) is 1.47. The molecule has 0 spiro atoms. The molecular formula is C25H29N3O4. The number of phenols is 1. The summed E-state index contributed by atoms with van der Waals surface area (Å²) in [6.07, 6.45) is -0.0427. The van der Waals surface area contributed by atoms with Crippen LogP contribution in [0, 0.1) is 0 Å². The monoisotopic (exact) mass is 435 g/mol. The molecule has 1 amide bonds. The van der Waals surface area contributed by atoms with E-state index < -0.39 is 12.2 Å². The van der Waals surface area contributed by atoms with Crippen LogP contribution in [0.15, 0.2) is 72.8 Å². The number of hydrogen-bond acceptors (Lipinski definition) is 6. The lowest BCUT2D eigenvalue weighted by molar-refractivity contribution is -0.105. The van der Waals surface area contributed by atoms with Gasteiger partial charge >= 0.3 is 0 Å². The van der Waals surface area contributed by atoms with Crippen LogP contribution in [-0.2, 0) is 11.2 Å². The third-order valence-corrected chi connectivity index (χ3v) is 5.19. The summed E-state index contributed by atoms with van der Waals surface area (Å²) < 4.78 is 0. The minimum Gasteiger partial charge on any atom is -0.506 e. The summed E-state index contributed by atoms with van der Waals surface area (Å²) in [6, 6.07) is 22.2. The molecule has 3 aromatic rings. The van der Waals surface area contributed by atoms with Crippen molar-refractivity contribution in [1.29, 1.82) is 0 Å². The lowest BCUT2D eigenvalue weighted by Gasteiger charge is -2.15. The van der Waals surface area contributed by atoms with Crippen molar-refractivity contribution in [3.8, 4) is 5.75 Å². The molecule has 32 heavy (non-hydrogen) atoms. The first-order valence-electron chi connectivity index (χ1n) is 10.5. The van der Waals surface area contributed by atoms with Crippen LogP contribution in [-0.4, -0.2) is 41.4 Å². The Bertz CT molecular complexity index is 980. The Balaban J connectivity index is 1.40. The van der Waals surface area contributed by atoms with E-state index in [1.807, 2.05) is 54.6 Å². The van der Waals surface area contributed by atoms with Crippen LogP contribution < -0.4 is 16.0 Å². The van der Waals surface area contributed by atoms with E-state index in [-0.39, 0.29) is 11.4 Å². The Labute approximate surface area is 187 Å². The van der Waals surface area contributed by atoms with Gasteiger partial charge in [0.25, 0.3) is 0 Å². The zero-order valence-electron chi connectivity index (χ0n) is 17.7. The second-order valence-electron chi connectivity index (χ2n) is 7.51. The highest BCUT2D eigenvalue weighted by atomic mass is 16.3. The molecule has 0 heterocycles. The van der Waals surface area contributed by atoms with Crippen molar-refractivity contribution in [3.63, 3.8) is 0 Å². The third-order valence-electron chi connectivity index (χ3n) is 5.19. The molecule has 3 aromatic carbocycles. The average molecular weight is 436 g/mol. The van der Waals surface area contributed by atoms with E-state index in [0.29, 0.717) is 31.6 Å². The summed E-state index contributed by atoms with van der Waals surface area (Å²) in [5.41, 5.74) is 3.85. The first-order chi connectivity index (χ1) is 15.6. The van der Waals surface area contributed by atoms with Gasteiger partial charge in [0.05, 0.1) is 17.9 Å². The number of amides is 1. The van der Waals surface area contributed by atoms with E-state index in [0.717, 1.165) is 23.2 Å². The number of nitrogens with one attached hydrogen (secondary N) is 3. The first kappa shape index (κ1) is 23.3. The second-order valence-corrected chi connectivity index (χ2v) is 7.51. The molecule has 0 bridgehead atoms. The van der Waals surface area contributed by atoms with Crippen molar-refractivity contribution in [2.24, 2.45) is 0 Å². The van der Waals surface area contributed by atoms with Crippen molar-refractivity contribution in [2.45, 2.75) is 18.6 Å². The molecule has 0 aliphatic carbocycles. The van der Waals surface area contributed by atoms with Crippen molar-refractivity contribution >= 4 is 17.8 Å². The number of hydrogen-bond donors (Lipinski definition) is 6. The number of aromatic hydroxyl groups is 1. The molecule has 0 unspecified atom stereocenters. The average Bonchev–Trinajstić information content (AvgIpc) is 2.83. The highest BCUT2D eigenvalue weighted by Gasteiger charge is 2.10. The largest absolute Gasteiger partial charge is 0.506 e. The lowest BCUT2D eigenvalue weighted by atomic mass is 10.1. The van der Waals surface area contributed by atoms with Crippen LogP contribution in [0.4, 0.5) is 11.4 Å². The SMILES string of the molecule is O=CNc1cc([C@H](O)CNCCc2ccc(NC[C@@H](O)c3ccccc3)cc2)ccc1O. The van der Waals surface area contributed by atoms with Crippen LogP contribution in [0.5, 0.6) is 5.75 Å². The van der Waals surface area contributed by atoms with Crippen molar-refractivity contribution in [3.05, 3.63) is 89.5 Å². The molecule has 0 radical (unpaired) electrons. The number of aliphatic hydroxyl groups is 2. The van der Waals surface area contributed by atoms with Gasteiger partial charge in [0.1, 0.15) is 5.75 Å². The number of anilines is 2. The van der Waals surface area contributed by atoms with E-state index in [1.54, 1.807) is 12.1 Å². The van der Waals surface area contributed by atoms with Crippen LogP contribution in [0.1, 0.15) is 28.9 Å². The Morgan fingerprint density at radius 2 is 1.56 bits per heavy atom. The molecule has 3 rings (SSSR count). The van der Waals surface area contributed by atoms with E-state index in [2.05, 4.69) is 16.0 Å². The molecule has 168 valence electrons. The molecule has 7 nitrogen and oxygen atoms in total. The first-order valence-corrected chi connectivity index (χ1v) is 10.5. The van der Waals surface area contributed by atoms with Crippen molar-refractivity contribution in [2.75, 3.05) is 30.3 Å². The Kier molecular flexibility index (Phi) is 8.62. The van der Waals surface area contributed by atoms with Gasteiger partial charge < -0.3 is 31.3 Å². The summed E-state index contributed by atoms with van der Waals surface area (Å²) >= 11 is 0. The number of phenolic OH excluding ortho intramolecular Hbond substituents is 1. The maximum Gasteiger partial charge on any atom is 0.211 e. The summed E-state index contributed by atoms with van der Waals surface area (Å²) in [7, 11) is 0.